The van der Waals surface area contributed by atoms with Gasteiger partial charge in [0, 0.05) is 35.1 Å². The van der Waals surface area contributed by atoms with Gasteiger partial charge in [0.1, 0.15) is 0 Å². The van der Waals surface area contributed by atoms with Gasteiger partial charge in [-0.15, -0.1) is 11.3 Å². The predicted octanol–water partition coefficient (Wildman–Crippen LogP) is 7.31. The first-order chi connectivity index (χ1) is 16.8. The van der Waals surface area contributed by atoms with E-state index in [-0.39, 0.29) is 16.7 Å². The number of benzene rings is 3. The molecule has 0 unspecified atom stereocenters. The van der Waals surface area contributed by atoms with Crippen molar-refractivity contribution in [2.75, 3.05) is 5.01 Å². The summed E-state index contributed by atoms with van der Waals surface area (Å²) in [4.78, 5) is 16.0. The highest BCUT2D eigenvalue weighted by Crippen LogP contribution is 2.40. The summed E-state index contributed by atoms with van der Waals surface area (Å²) in [6.07, 6.45) is 0.643. The maximum atomic E-state index is 11.5. The molecule has 0 saturated heterocycles. The average Bonchev–Trinajstić information content (AvgIpc) is 3.50. The Morgan fingerprint density at radius 2 is 1.77 bits per heavy atom. The van der Waals surface area contributed by atoms with Gasteiger partial charge in [-0.3, -0.25) is 10.1 Å². The minimum Gasteiger partial charge on any atom is -0.258 e. The fourth-order valence-corrected chi connectivity index (χ4v) is 5.24. The summed E-state index contributed by atoms with van der Waals surface area (Å²) in [5.74, 6) is 0. The smallest absolute Gasteiger partial charge is 0.258 e. The van der Waals surface area contributed by atoms with Gasteiger partial charge >= 0.3 is 0 Å². The topological polar surface area (TPSA) is 71.6 Å². The maximum absolute atomic E-state index is 11.5. The van der Waals surface area contributed by atoms with Gasteiger partial charge in [-0.2, -0.15) is 5.10 Å². The van der Waals surface area contributed by atoms with Crippen molar-refractivity contribution in [2.45, 2.75) is 40.2 Å². The third-order valence-electron chi connectivity index (χ3n) is 6.57. The number of nitrogens with zero attached hydrogens (tertiary/aromatic N) is 4. The summed E-state index contributed by atoms with van der Waals surface area (Å²) in [6, 6.07) is 19.4. The lowest BCUT2D eigenvalue weighted by Crippen LogP contribution is -2.18. The van der Waals surface area contributed by atoms with E-state index in [4.69, 9.17) is 10.1 Å². The molecular weight excluding hydrogens is 456 g/mol. The van der Waals surface area contributed by atoms with Crippen LogP contribution in [0.15, 0.2) is 71.1 Å². The van der Waals surface area contributed by atoms with E-state index in [0.29, 0.717) is 6.42 Å². The molecule has 0 spiro atoms. The van der Waals surface area contributed by atoms with Gasteiger partial charge < -0.3 is 0 Å². The molecule has 7 heteroatoms. The second-order valence-electron chi connectivity index (χ2n) is 9.10. The molecule has 3 aromatic carbocycles. The van der Waals surface area contributed by atoms with Crippen LogP contribution in [-0.4, -0.2) is 15.6 Å². The van der Waals surface area contributed by atoms with Crippen molar-refractivity contribution in [3.05, 3.63) is 110 Å². The van der Waals surface area contributed by atoms with Crippen LogP contribution in [0.2, 0.25) is 0 Å². The number of hydrogen-bond donors (Lipinski definition) is 0. The Labute approximate surface area is 208 Å². The van der Waals surface area contributed by atoms with Crippen LogP contribution in [-0.2, 0) is 0 Å². The molecule has 35 heavy (non-hydrogen) atoms. The Morgan fingerprint density at radius 3 is 2.54 bits per heavy atom. The first-order valence-corrected chi connectivity index (χ1v) is 12.4. The van der Waals surface area contributed by atoms with Gasteiger partial charge in [0.25, 0.3) is 5.69 Å². The molecule has 0 N–H and O–H groups in total. The second kappa shape index (κ2) is 9.07. The Morgan fingerprint density at radius 1 is 0.971 bits per heavy atom. The SMILES string of the molecule is Cc1ccc(C)c(C2=NN(c3nc(-c4ccc(C)c(C)c4)cs3)[C@H](c3cccc([N+](=O)[O-])c3)C2)c1. The molecule has 2 heterocycles. The summed E-state index contributed by atoms with van der Waals surface area (Å²) >= 11 is 1.54. The number of hydrazone groups is 1. The third kappa shape index (κ3) is 4.47. The van der Waals surface area contributed by atoms with Crippen LogP contribution < -0.4 is 5.01 Å². The monoisotopic (exact) mass is 482 g/mol. The average molecular weight is 483 g/mol. The molecule has 0 aliphatic carbocycles. The van der Waals surface area contributed by atoms with Gasteiger partial charge in [-0.1, -0.05) is 42.0 Å². The molecule has 1 aromatic heterocycles. The first-order valence-electron chi connectivity index (χ1n) is 11.5. The van der Waals surface area contributed by atoms with Crippen molar-refractivity contribution in [2.24, 2.45) is 5.10 Å². The molecule has 1 aliphatic rings. The van der Waals surface area contributed by atoms with E-state index >= 15 is 0 Å². The van der Waals surface area contributed by atoms with Crippen molar-refractivity contribution in [1.29, 1.82) is 0 Å². The summed E-state index contributed by atoms with van der Waals surface area (Å²) in [5.41, 5.74) is 9.78. The highest BCUT2D eigenvalue weighted by atomic mass is 32.1. The van der Waals surface area contributed by atoms with Crippen molar-refractivity contribution >= 4 is 27.9 Å². The zero-order valence-electron chi connectivity index (χ0n) is 20.1. The van der Waals surface area contributed by atoms with Crippen LogP contribution >= 0.6 is 11.3 Å². The van der Waals surface area contributed by atoms with E-state index in [2.05, 4.69) is 69.5 Å². The van der Waals surface area contributed by atoms with E-state index in [0.717, 1.165) is 38.8 Å². The van der Waals surface area contributed by atoms with E-state index in [1.807, 2.05) is 11.1 Å². The number of aromatic nitrogens is 1. The molecule has 0 bridgehead atoms. The highest BCUT2D eigenvalue weighted by molar-refractivity contribution is 7.14. The highest BCUT2D eigenvalue weighted by Gasteiger charge is 2.33. The molecule has 1 atom stereocenters. The number of hydrogen-bond acceptors (Lipinski definition) is 6. The lowest BCUT2D eigenvalue weighted by molar-refractivity contribution is -0.384. The van der Waals surface area contributed by atoms with Crippen molar-refractivity contribution in [3.8, 4) is 11.3 Å². The second-order valence-corrected chi connectivity index (χ2v) is 9.93. The molecule has 0 fully saturated rings. The van der Waals surface area contributed by atoms with Crippen molar-refractivity contribution in [3.63, 3.8) is 0 Å². The normalized spacial score (nSPS) is 15.4. The lowest BCUT2D eigenvalue weighted by atomic mass is 9.95. The van der Waals surface area contributed by atoms with Crippen LogP contribution in [0, 0.1) is 37.8 Å². The van der Waals surface area contributed by atoms with Gasteiger partial charge in [-0.25, -0.2) is 9.99 Å². The van der Waals surface area contributed by atoms with E-state index in [1.54, 1.807) is 12.1 Å². The van der Waals surface area contributed by atoms with E-state index in [1.165, 1.54) is 34.1 Å². The molecule has 5 rings (SSSR count). The predicted molar refractivity (Wildman–Crippen MR) is 142 cm³/mol. The summed E-state index contributed by atoms with van der Waals surface area (Å²) in [7, 11) is 0. The minimum atomic E-state index is -0.351. The lowest BCUT2D eigenvalue weighted by Gasteiger charge is -2.21. The number of thiazole rings is 1. The number of anilines is 1. The largest absolute Gasteiger partial charge is 0.269 e. The summed E-state index contributed by atoms with van der Waals surface area (Å²) < 4.78 is 0. The molecule has 0 amide bonds. The Kier molecular flexibility index (Phi) is 5.94. The van der Waals surface area contributed by atoms with E-state index in [9.17, 15) is 10.1 Å². The first kappa shape index (κ1) is 22.9. The quantitative estimate of drug-likeness (QED) is 0.221. The molecule has 1 aliphatic heterocycles. The fraction of sp³-hybridized carbons (Fsp3) is 0.214. The van der Waals surface area contributed by atoms with Crippen molar-refractivity contribution in [1.82, 2.24) is 4.98 Å². The summed E-state index contributed by atoms with van der Waals surface area (Å²) in [6.45, 7) is 8.36. The van der Waals surface area contributed by atoms with Crippen LogP contribution in [0.3, 0.4) is 0 Å². The Bertz CT molecular complexity index is 1470. The van der Waals surface area contributed by atoms with Crippen molar-refractivity contribution < 1.29 is 4.92 Å². The molecule has 0 radical (unpaired) electrons. The minimum absolute atomic E-state index is 0.0811. The molecule has 6 nitrogen and oxygen atoms in total. The van der Waals surface area contributed by atoms with Crippen LogP contribution in [0.4, 0.5) is 10.8 Å². The Hall–Kier alpha value is -3.84. The standard InChI is InChI=1S/C28H26N4O2S/c1-17-8-9-19(3)24(12-17)25-15-27(22-6-5-7-23(14-22)32(33)34)31(30-25)28-29-26(16-35-28)21-11-10-18(2)20(4)13-21/h5-14,16,27H,15H2,1-4H3/t27-/m0/s1. The fourth-order valence-electron chi connectivity index (χ4n) is 4.40. The van der Waals surface area contributed by atoms with Gasteiger partial charge in [-0.05, 0) is 62.1 Å². The molecule has 176 valence electrons. The third-order valence-corrected chi connectivity index (χ3v) is 7.40. The zero-order chi connectivity index (χ0) is 24.7. The van der Waals surface area contributed by atoms with Crippen LogP contribution in [0.5, 0.6) is 0 Å². The number of aryl methyl sites for hydroxylation is 4. The van der Waals surface area contributed by atoms with E-state index < -0.39 is 0 Å². The maximum Gasteiger partial charge on any atom is 0.269 e. The summed E-state index contributed by atoms with van der Waals surface area (Å²) in [5, 5.41) is 21.2. The zero-order valence-corrected chi connectivity index (χ0v) is 21.0. The molecule has 4 aromatic rings. The Balaban J connectivity index is 1.58. The van der Waals surface area contributed by atoms with Crippen LogP contribution in [0.25, 0.3) is 11.3 Å². The van der Waals surface area contributed by atoms with Gasteiger partial charge in [0.05, 0.1) is 22.4 Å². The molecular formula is C28H26N4O2S. The number of nitro benzene ring substituents is 1. The number of non-ortho nitro benzene ring substituents is 1. The van der Waals surface area contributed by atoms with Gasteiger partial charge in [0.15, 0.2) is 0 Å². The van der Waals surface area contributed by atoms with Gasteiger partial charge in [0.2, 0.25) is 5.13 Å². The number of rotatable bonds is 5. The molecule has 0 saturated carbocycles. The number of nitro groups is 1. The van der Waals surface area contributed by atoms with Crippen LogP contribution in [0.1, 0.15) is 45.8 Å².